The molecule has 3 rings (SSSR count). The summed E-state index contributed by atoms with van der Waals surface area (Å²) in [5.41, 5.74) is 10.0. The van der Waals surface area contributed by atoms with Crippen LogP contribution >= 0.6 is 15.9 Å². The first-order valence-corrected chi connectivity index (χ1v) is 7.77. The van der Waals surface area contributed by atoms with Gasteiger partial charge in [-0.15, -0.1) is 0 Å². The molecule has 1 amide bonds. The Hall–Kier alpha value is -1.65. The molecular weight excluding hydrogens is 328 g/mol. The normalized spacial score (nSPS) is 17.5. The van der Waals surface area contributed by atoms with Crippen molar-refractivity contribution in [2.75, 3.05) is 11.4 Å². The van der Waals surface area contributed by atoms with E-state index >= 15 is 0 Å². The highest BCUT2D eigenvalue weighted by Gasteiger charge is 2.28. The van der Waals surface area contributed by atoms with E-state index in [2.05, 4.69) is 15.9 Å². The molecule has 4 heteroatoms. The van der Waals surface area contributed by atoms with Crippen LogP contribution in [0.4, 0.5) is 5.69 Å². The van der Waals surface area contributed by atoms with E-state index in [1.165, 1.54) is 0 Å². The zero-order valence-corrected chi connectivity index (χ0v) is 13.4. The van der Waals surface area contributed by atoms with Crippen LogP contribution < -0.4 is 10.6 Å². The Labute approximate surface area is 132 Å². The van der Waals surface area contributed by atoms with Crippen LogP contribution in [-0.2, 0) is 6.42 Å². The van der Waals surface area contributed by atoms with Gasteiger partial charge in [-0.2, -0.15) is 0 Å². The fourth-order valence-electron chi connectivity index (χ4n) is 2.76. The SMILES string of the molecule is Cc1ccc(C(=O)N2CC(N)Cc3ccccc32)c(Br)c1. The monoisotopic (exact) mass is 344 g/mol. The molecule has 1 heterocycles. The van der Waals surface area contributed by atoms with E-state index in [1.54, 1.807) is 4.90 Å². The molecule has 1 atom stereocenters. The molecule has 0 bridgehead atoms. The third kappa shape index (κ3) is 2.74. The maximum Gasteiger partial charge on any atom is 0.259 e. The highest BCUT2D eigenvalue weighted by Crippen LogP contribution is 2.29. The maximum atomic E-state index is 12.9. The summed E-state index contributed by atoms with van der Waals surface area (Å²) in [5, 5.41) is 0. The van der Waals surface area contributed by atoms with Gasteiger partial charge in [0.15, 0.2) is 0 Å². The van der Waals surface area contributed by atoms with Gasteiger partial charge in [0.2, 0.25) is 0 Å². The lowest BCUT2D eigenvalue weighted by Gasteiger charge is -2.33. The number of hydrogen-bond donors (Lipinski definition) is 1. The van der Waals surface area contributed by atoms with Gasteiger partial charge in [-0.05, 0) is 58.6 Å². The summed E-state index contributed by atoms with van der Waals surface area (Å²) in [6, 6.07) is 13.7. The summed E-state index contributed by atoms with van der Waals surface area (Å²) in [6.45, 7) is 2.56. The van der Waals surface area contributed by atoms with Crippen LogP contribution in [0.1, 0.15) is 21.5 Å². The van der Waals surface area contributed by atoms with Crippen LogP contribution in [0.5, 0.6) is 0 Å². The summed E-state index contributed by atoms with van der Waals surface area (Å²) in [6.07, 6.45) is 0.815. The fraction of sp³-hybridized carbons (Fsp3) is 0.235. The number of carbonyl (C=O) groups is 1. The standard InChI is InChI=1S/C17H17BrN2O/c1-11-6-7-14(15(18)8-11)17(21)20-10-13(19)9-12-4-2-3-5-16(12)20/h2-8,13H,9-10,19H2,1H3. The minimum absolute atomic E-state index is 0.00975. The van der Waals surface area contributed by atoms with Gasteiger partial charge in [0.05, 0.1) is 5.56 Å². The van der Waals surface area contributed by atoms with Gasteiger partial charge in [-0.25, -0.2) is 0 Å². The van der Waals surface area contributed by atoms with Crippen LogP contribution in [0.3, 0.4) is 0 Å². The van der Waals surface area contributed by atoms with Crippen LogP contribution in [-0.4, -0.2) is 18.5 Å². The highest BCUT2D eigenvalue weighted by atomic mass is 79.9. The van der Waals surface area contributed by atoms with Gasteiger partial charge >= 0.3 is 0 Å². The number of benzene rings is 2. The topological polar surface area (TPSA) is 46.3 Å². The molecule has 2 aromatic carbocycles. The number of rotatable bonds is 1. The van der Waals surface area contributed by atoms with E-state index in [-0.39, 0.29) is 11.9 Å². The Balaban J connectivity index is 2.02. The number of para-hydroxylation sites is 1. The second kappa shape index (κ2) is 5.62. The summed E-state index contributed by atoms with van der Waals surface area (Å²) in [7, 11) is 0. The fourth-order valence-corrected chi connectivity index (χ4v) is 3.42. The molecule has 0 spiro atoms. The molecule has 0 fully saturated rings. The van der Waals surface area contributed by atoms with Crippen molar-refractivity contribution in [2.24, 2.45) is 5.73 Å². The number of amides is 1. The number of hydrogen-bond acceptors (Lipinski definition) is 2. The van der Waals surface area contributed by atoms with Gasteiger partial charge in [0, 0.05) is 22.7 Å². The lowest BCUT2D eigenvalue weighted by atomic mass is 9.97. The molecule has 0 radical (unpaired) electrons. The molecule has 2 N–H and O–H groups in total. The first kappa shape index (κ1) is 14.3. The van der Waals surface area contributed by atoms with Crippen LogP contribution in [0, 0.1) is 6.92 Å². The first-order valence-electron chi connectivity index (χ1n) is 6.98. The van der Waals surface area contributed by atoms with E-state index in [0.717, 1.165) is 27.7 Å². The lowest BCUT2D eigenvalue weighted by Crippen LogP contribution is -2.46. The van der Waals surface area contributed by atoms with E-state index in [4.69, 9.17) is 5.73 Å². The van der Waals surface area contributed by atoms with Crippen molar-refractivity contribution in [2.45, 2.75) is 19.4 Å². The van der Waals surface area contributed by atoms with Gasteiger partial charge in [0.1, 0.15) is 0 Å². The first-order chi connectivity index (χ1) is 10.1. The average Bonchev–Trinajstić information content (AvgIpc) is 2.45. The Morgan fingerprint density at radius 1 is 1.29 bits per heavy atom. The number of nitrogens with two attached hydrogens (primary N) is 1. The molecule has 0 saturated carbocycles. The number of nitrogens with zero attached hydrogens (tertiary/aromatic N) is 1. The Morgan fingerprint density at radius 3 is 2.81 bits per heavy atom. The number of halogens is 1. The summed E-state index contributed by atoms with van der Waals surface area (Å²) in [4.78, 5) is 14.7. The Kier molecular flexibility index (Phi) is 3.83. The third-order valence-electron chi connectivity index (χ3n) is 3.78. The quantitative estimate of drug-likeness (QED) is 0.862. The van der Waals surface area contributed by atoms with E-state index in [9.17, 15) is 4.79 Å². The Bertz CT molecular complexity index is 699. The number of fused-ring (bicyclic) bond motifs is 1. The predicted octanol–water partition coefficient (Wildman–Crippen LogP) is 3.29. The molecule has 1 aliphatic heterocycles. The van der Waals surface area contributed by atoms with Gasteiger partial charge in [-0.1, -0.05) is 24.3 Å². The average molecular weight is 345 g/mol. The molecule has 21 heavy (non-hydrogen) atoms. The van der Waals surface area contributed by atoms with Crippen molar-refractivity contribution in [3.05, 3.63) is 63.6 Å². The minimum atomic E-state index is -0.0203. The zero-order chi connectivity index (χ0) is 15.0. The van der Waals surface area contributed by atoms with Crippen molar-refractivity contribution in [3.8, 4) is 0 Å². The van der Waals surface area contributed by atoms with Crippen LogP contribution in [0.2, 0.25) is 0 Å². The van der Waals surface area contributed by atoms with Crippen LogP contribution in [0.25, 0.3) is 0 Å². The second-order valence-electron chi connectivity index (χ2n) is 5.49. The number of carbonyl (C=O) groups excluding carboxylic acids is 1. The molecular formula is C17H17BrN2O. The molecule has 0 aliphatic carbocycles. The molecule has 1 unspecified atom stereocenters. The van der Waals surface area contributed by atoms with E-state index in [1.807, 2.05) is 49.4 Å². The zero-order valence-electron chi connectivity index (χ0n) is 11.8. The third-order valence-corrected chi connectivity index (χ3v) is 4.44. The number of aryl methyl sites for hydroxylation is 1. The van der Waals surface area contributed by atoms with Gasteiger partial charge < -0.3 is 10.6 Å². The minimum Gasteiger partial charge on any atom is -0.326 e. The van der Waals surface area contributed by atoms with Crippen LogP contribution in [0.15, 0.2) is 46.9 Å². The number of anilines is 1. The molecule has 3 nitrogen and oxygen atoms in total. The maximum absolute atomic E-state index is 12.9. The smallest absolute Gasteiger partial charge is 0.259 e. The van der Waals surface area contributed by atoms with E-state index < -0.39 is 0 Å². The van der Waals surface area contributed by atoms with Crippen molar-refractivity contribution in [1.82, 2.24) is 0 Å². The largest absolute Gasteiger partial charge is 0.326 e. The van der Waals surface area contributed by atoms with Crippen molar-refractivity contribution in [3.63, 3.8) is 0 Å². The van der Waals surface area contributed by atoms with Crippen molar-refractivity contribution < 1.29 is 4.79 Å². The lowest BCUT2D eigenvalue weighted by molar-refractivity contribution is 0.0982. The highest BCUT2D eigenvalue weighted by molar-refractivity contribution is 9.10. The molecule has 108 valence electrons. The van der Waals surface area contributed by atoms with Gasteiger partial charge in [-0.3, -0.25) is 4.79 Å². The molecule has 2 aromatic rings. The predicted molar refractivity (Wildman–Crippen MR) is 88.7 cm³/mol. The second-order valence-corrected chi connectivity index (χ2v) is 6.35. The Morgan fingerprint density at radius 2 is 2.05 bits per heavy atom. The molecule has 0 saturated heterocycles. The molecule has 1 aliphatic rings. The molecule has 0 aromatic heterocycles. The summed E-state index contributed by atoms with van der Waals surface area (Å²) >= 11 is 3.49. The summed E-state index contributed by atoms with van der Waals surface area (Å²) < 4.78 is 0.823. The van der Waals surface area contributed by atoms with Gasteiger partial charge in [0.25, 0.3) is 5.91 Å². The van der Waals surface area contributed by atoms with Crippen molar-refractivity contribution in [1.29, 1.82) is 0 Å². The van der Waals surface area contributed by atoms with E-state index in [0.29, 0.717) is 12.1 Å². The summed E-state index contributed by atoms with van der Waals surface area (Å²) in [5.74, 6) is -0.00975. The van der Waals surface area contributed by atoms with Crippen molar-refractivity contribution >= 4 is 27.5 Å².